The molecule has 1 aliphatic heterocycles. The second kappa shape index (κ2) is 12.3. The normalized spacial score (nSPS) is 12.7. The van der Waals surface area contributed by atoms with E-state index in [0.717, 1.165) is 0 Å². The molecule has 1 amide bonds. The fourth-order valence-corrected chi connectivity index (χ4v) is 2.98. The first kappa shape index (κ1) is 29.9. The number of para-hydroxylation sites is 1. The van der Waals surface area contributed by atoms with Crippen LogP contribution in [0.4, 0.5) is 18.9 Å². The van der Waals surface area contributed by atoms with Gasteiger partial charge >= 0.3 is 30.1 Å². The Labute approximate surface area is 215 Å². The van der Waals surface area contributed by atoms with Crippen molar-refractivity contribution in [2.24, 2.45) is 5.73 Å². The molecule has 17 heteroatoms. The number of esters is 1. The molecule has 0 radical (unpaired) electrons. The quantitative estimate of drug-likeness (QED) is 0.116. The van der Waals surface area contributed by atoms with Crippen molar-refractivity contribution in [2.45, 2.75) is 25.2 Å². The maximum absolute atomic E-state index is 12.7. The summed E-state index contributed by atoms with van der Waals surface area (Å²) in [6, 6.07) is 6.97. The van der Waals surface area contributed by atoms with E-state index in [1.54, 1.807) is 0 Å². The van der Waals surface area contributed by atoms with Crippen LogP contribution < -0.4 is 25.8 Å². The zero-order valence-electron chi connectivity index (χ0n) is 19.4. The molecule has 39 heavy (non-hydrogen) atoms. The van der Waals surface area contributed by atoms with Crippen LogP contribution in [0, 0.1) is 5.41 Å². The number of nitrogens with one attached hydrogen (secondary N) is 3. The van der Waals surface area contributed by atoms with Gasteiger partial charge < -0.3 is 41.2 Å². The van der Waals surface area contributed by atoms with Crippen LogP contribution in [-0.2, 0) is 21.0 Å². The van der Waals surface area contributed by atoms with Crippen molar-refractivity contribution >= 4 is 41.4 Å². The molecule has 2 aromatic carbocycles. The van der Waals surface area contributed by atoms with Crippen molar-refractivity contribution in [3.8, 4) is 11.5 Å². The predicted octanol–water partition coefficient (Wildman–Crippen LogP) is 1.39. The van der Waals surface area contributed by atoms with Gasteiger partial charge in [-0.2, -0.15) is 13.2 Å². The van der Waals surface area contributed by atoms with Crippen LogP contribution in [0.25, 0.3) is 0 Å². The number of ether oxygens (including phenoxy) is 2. The molecule has 0 aliphatic carbocycles. The third kappa shape index (κ3) is 8.34. The van der Waals surface area contributed by atoms with Gasteiger partial charge in [-0.05, 0) is 30.3 Å². The Morgan fingerprint density at radius 2 is 1.74 bits per heavy atom. The van der Waals surface area contributed by atoms with E-state index in [1.807, 2.05) is 0 Å². The molecule has 0 bridgehead atoms. The van der Waals surface area contributed by atoms with Gasteiger partial charge in [-0.15, -0.1) is 0 Å². The molecule has 1 unspecified atom stereocenters. The topological polar surface area (TPSA) is 238 Å². The number of guanidine groups is 1. The number of hydrogen-bond donors (Lipinski definition) is 7. The summed E-state index contributed by atoms with van der Waals surface area (Å²) in [7, 11) is 0. The molecule has 8 N–H and O–H groups in total. The molecule has 0 saturated heterocycles. The van der Waals surface area contributed by atoms with E-state index in [0.29, 0.717) is 11.3 Å². The monoisotopic (exact) mass is 556 g/mol. The van der Waals surface area contributed by atoms with Crippen LogP contribution in [0.3, 0.4) is 0 Å². The highest BCUT2D eigenvalue weighted by Gasteiger charge is 2.38. The molecule has 0 aromatic heterocycles. The molecule has 208 valence electrons. The summed E-state index contributed by atoms with van der Waals surface area (Å²) in [5, 5.41) is 37.2. The molecular formula is C22H19F3N4O10. The molecule has 2 aromatic rings. The third-order valence-corrected chi connectivity index (χ3v) is 4.63. The zero-order chi connectivity index (χ0) is 29.5. The van der Waals surface area contributed by atoms with Gasteiger partial charge in [0.25, 0.3) is 5.91 Å². The number of amides is 1. The number of anilines is 1. The minimum atomic E-state index is -5.08. The molecule has 0 fully saturated rings. The fourth-order valence-electron chi connectivity index (χ4n) is 2.98. The molecule has 1 atom stereocenters. The fraction of sp³-hybridized carbons (Fsp3) is 0.182. The Bertz CT molecular complexity index is 1330. The van der Waals surface area contributed by atoms with Crippen molar-refractivity contribution in [3.63, 3.8) is 0 Å². The average Bonchev–Trinajstić information content (AvgIpc) is 2.80. The van der Waals surface area contributed by atoms with Gasteiger partial charge in [0, 0.05) is 11.3 Å². The van der Waals surface area contributed by atoms with Gasteiger partial charge in [-0.3, -0.25) is 15.0 Å². The molecular weight excluding hydrogens is 537 g/mol. The highest BCUT2D eigenvalue weighted by atomic mass is 19.4. The summed E-state index contributed by atoms with van der Waals surface area (Å²) in [4.78, 5) is 56.3. The Balaban J connectivity index is 0.000000673. The summed E-state index contributed by atoms with van der Waals surface area (Å²) < 4.78 is 42.8. The van der Waals surface area contributed by atoms with Crippen molar-refractivity contribution in [2.75, 3.05) is 5.32 Å². The summed E-state index contributed by atoms with van der Waals surface area (Å²) in [5.41, 5.74) is 6.19. The Kier molecular flexibility index (Phi) is 9.39. The second-order valence-electron chi connectivity index (χ2n) is 7.49. The van der Waals surface area contributed by atoms with Crippen LogP contribution in [0.1, 0.15) is 32.7 Å². The van der Waals surface area contributed by atoms with Crippen LogP contribution in [0.2, 0.25) is 0 Å². The summed E-state index contributed by atoms with van der Waals surface area (Å²) in [6.45, 7) is -0.160. The Hall–Kier alpha value is -5.35. The molecule has 14 nitrogen and oxygen atoms in total. The number of nitrogens with two attached hydrogens (primary N) is 1. The number of halogens is 3. The molecule has 0 saturated carbocycles. The first-order chi connectivity index (χ1) is 18.1. The van der Waals surface area contributed by atoms with E-state index >= 15 is 0 Å². The van der Waals surface area contributed by atoms with Gasteiger partial charge in [0.2, 0.25) is 0 Å². The number of hydrogen-bond acceptors (Lipinski definition) is 8. The number of rotatable bonds is 6. The number of carbonyl (C=O) groups excluding carboxylic acids is 2. The number of fused-ring (bicyclic) bond motifs is 2. The van der Waals surface area contributed by atoms with Gasteiger partial charge in [0.05, 0.1) is 17.5 Å². The molecule has 1 heterocycles. The number of aliphatic carboxylic acids is 3. The maximum Gasteiger partial charge on any atom is 0.490 e. The maximum atomic E-state index is 12.7. The lowest BCUT2D eigenvalue weighted by atomic mass is 10.1. The van der Waals surface area contributed by atoms with Crippen LogP contribution in [0.15, 0.2) is 36.4 Å². The van der Waals surface area contributed by atoms with Gasteiger partial charge in [-0.1, -0.05) is 6.07 Å². The number of benzene rings is 2. The van der Waals surface area contributed by atoms with Gasteiger partial charge in [0.15, 0.2) is 17.5 Å². The number of carboxylic acids is 3. The van der Waals surface area contributed by atoms with E-state index < -0.39 is 48.4 Å². The van der Waals surface area contributed by atoms with Crippen LogP contribution in [-0.4, -0.2) is 63.3 Å². The largest absolute Gasteiger partial charge is 0.490 e. The second-order valence-corrected chi connectivity index (χ2v) is 7.49. The lowest BCUT2D eigenvalue weighted by Gasteiger charge is -2.21. The van der Waals surface area contributed by atoms with Crippen molar-refractivity contribution in [1.82, 2.24) is 5.32 Å². The zero-order valence-corrected chi connectivity index (χ0v) is 19.4. The van der Waals surface area contributed by atoms with E-state index in [1.165, 1.54) is 36.4 Å². The average molecular weight is 556 g/mol. The van der Waals surface area contributed by atoms with Crippen LogP contribution in [0.5, 0.6) is 11.5 Å². The highest BCUT2D eigenvalue weighted by Crippen LogP contribution is 2.35. The SMILES string of the molecule is N=C(N)Nc1ccc2c(c1)COc1c(cccc1C(=O)NC(CC(=O)O)C(=O)O)OC2=O.O=C(O)C(F)(F)F. The first-order valence-electron chi connectivity index (χ1n) is 10.4. The van der Waals surface area contributed by atoms with E-state index in [2.05, 4.69) is 10.6 Å². The standard InChI is InChI=1S/C20H18N4O8.C2HF3O2/c21-20(22)23-10-4-5-11-9(6-10)8-31-16-12(2-1-3-14(16)32-19(11)30)17(27)24-13(18(28)29)7-15(25)26;3-2(4,5)1(6)7/h1-6,13H,7-8H2,(H,24,27)(H,25,26)(H,28,29)(H4,21,22,23);(H,6,7). The highest BCUT2D eigenvalue weighted by molar-refractivity contribution is 6.01. The molecule has 1 aliphatic rings. The molecule has 3 rings (SSSR count). The molecule has 0 spiro atoms. The van der Waals surface area contributed by atoms with Crippen molar-refractivity contribution in [3.05, 3.63) is 53.1 Å². The van der Waals surface area contributed by atoms with Crippen molar-refractivity contribution in [1.29, 1.82) is 5.41 Å². The lowest BCUT2D eigenvalue weighted by molar-refractivity contribution is -0.192. The predicted molar refractivity (Wildman–Crippen MR) is 123 cm³/mol. The number of alkyl halides is 3. The Morgan fingerprint density at radius 1 is 1.10 bits per heavy atom. The minimum absolute atomic E-state index is 0.0654. The van der Waals surface area contributed by atoms with E-state index in [-0.39, 0.29) is 35.2 Å². The first-order valence-corrected chi connectivity index (χ1v) is 10.4. The Morgan fingerprint density at radius 3 is 2.28 bits per heavy atom. The minimum Gasteiger partial charge on any atom is -0.484 e. The smallest absolute Gasteiger partial charge is 0.484 e. The van der Waals surface area contributed by atoms with E-state index in [9.17, 15) is 32.3 Å². The van der Waals surface area contributed by atoms with Gasteiger partial charge in [-0.25, -0.2) is 14.4 Å². The summed E-state index contributed by atoms with van der Waals surface area (Å²) in [6.07, 6.45) is -5.91. The summed E-state index contributed by atoms with van der Waals surface area (Å²) >= 11 is 0. The summed E-state index contributed by atoms with van der Waals surface area (Å²) in [5.74, 6) is -7.81. The number of carboxylic acid groups (broad SMARTS) is 3. The number of carbonyl (C=O) groups is 5. The lowest BCUT2D eigenvalue weighted by Crippen LogP contribution is -2.42. The van der Waals surface area contributed by atoms with Gasteiger partial charge in [0.1, 0.15) is 12.6 Å². The van der Waals surface area contributed by atoms with E-state index in [4.69, 9.17) is 40.7 Å². The van der Waals surface area contributed by atoms with Crippen LogP contribution >= 0.6 is 0 Å². The van der Waals surface area contributed by atoms with Crippen molar-refractivity contribution < 1.29 is 61.9 Å². The third-order valence-electron chi connectivity index (χ3n) is 4.63.